The average Bonchev–Trinajstić information content (AvgIpc) is 2.54. The first-order chi connectivity index (χ1) is 10.3. The third kappa shape index (κ3) is 5.57. The van der Waals surface area contributed by atoms with Gasteiger partial charge < -0.3 is 20.7 Å². The van der Waals surface area contributed by atoms with Gasteiger partial charge in [0, 0.05) is 25.7 Å². The van der Waals surface area contributed by atoms with E-state index in [4.69, 9.17) is 4.74 Å². The molecule has 21 heavy (non-hydrogen) atoms. The third-order valence-electron chi connectivity index (χ3n) is 4.84. The molecule has 0 aromatic heterocycles. The van der Waals surface area contributed by atoms with E-state index in [-0.39, 0.29) is 5.91 Å². The first kappa shape index (κ1) is 16.7. The lowest BCUT2D eigenvalue weighted by molar-refractivity contribution is -0.120. The molecule has 0 aromatic rings. The summed E-state index contributed by atoms with van der Waals surface area (Å²) in [6, 6.07) is 1.13. The summed E-state index contributed by atoms with van der Waals surface area (Å²) >= 11 is 0. The van der Waals surface area contributed by atoms with Gasteiger partial charge in [-0.05, 0) is 38.1 Å². The molecule has 2 rings (SSSR count). The fourth-order valence-corrected chi connectivity index (χ4v) is 3.72. The highest BCUT2D eigenvalue weighted by atomic mass is 16.5. The second-order valence-electron chi connectivity index (χ2n) is 6.33. The van der Waals surface area contributed by atoms with E-state index in [1.165, 1.54) is 44.9 Å². The fraction of sp³-hybridized carbons (Fsp3) is 0.938. The molecule has 1 amide bonds. The summed E-state index contributed by atoms with van der Waals surface area (Å²) in [5.74, 6) is 0.763. The number of ether oxygens (including phenoxy) is 1. The number of nitrogens with one attached hydrogen (secondary N) is 3. The Bertz CT molecular complexity index is 306. The van der Waals surface area contributed by atoms with E-state index < -0.39 is 0 Å². The lowest BCUT2D eigenvalue weighted by Crippen LogP contribution is -2.52. The summed E-state index contributed by atoms with van der Waals surface area (Å²) in [5, 5.41) is 10.1. The Kier molecular flexibility index (Phi) is 7.47. The highest BCUT2D eigenvalue weighted by Crippen LogP contribution is 2.30. The second kappa shape index (κ2) is 9.38. The van der Waals surface area contributed by atoms with Gasteiger partial charge >= 0.3 is 0 Å². The largest absolute Gasteiger partial charge is 0.383 e. The van der Waals surface area contributed by atoms with Gasteiger partial charge in [0.05, 0.1) is 13.2 Å². The van der Waals surface area contributed by atoms with Crippen molar-refractivity contribution in [3.05, 3.63) is 0 Å². The highest BCUT2D eigenvalue weighted by molar-refractivity contribution is 5.77. The van der Waals surface area contributed by atoms with Crippen LogP contribution in [0.2, 0.25) is 0 Å². The molecule has 1 heterocycles. The Labute approximate surface area is 128 Å². The number of hydrogen-bond acceptors (Lipinski definition) is 4. The number of methoxy groups -OCH3 is 1. The van der Waals surface area contributed by atoms with Crippen LogP contribution in [0.3, 0.4) is 0 Å². The first-order valence-electron chi connectivity index (χ1n) is 8.53. The van der Waals surface area contributed by atoms with Gasteiger partial charge in [0.1, 0.15) is 0 Å². The number of amides is 1. The fourth-order valence-electron chi connectivity index (χ4n) is 3.72. The van der Waals surface area contributed by atoms with Crippen molar-refractivity contribution >= 4 is 5.91 Å². The molecular formula is C16H31N3O2. The molecule has 1 saturated heterocycles. The van der Waals surface area contributed by atoms with Gasteiger partial charge in [0.25, 0.3) is 0 Å². The Morgan fingerprint density at radius 3 is 2.76 bits per heavy atom. The van der Waals surface area contributed by atoms with Crippen LogP contribution in [-0.4, -0.2) is 51.3 Å². The van der Waals surface area contributed by atoms with Crippen molar-refractivity contribution in [1.82, 2.24) is 16.0 Å². The van der Waals surface area contributed by atoms with Crippen LogP contribution in [0.25, 0.3) is 0 Å². The van der Waals surface area contributed by atoms with Gasteiger partial charge in [-0.3, -0.25) is 4.79 Å². The van der Waals surface area contributed by atoms with Gasteiger partial charge in [-0.1, -0.05) is 19.3 Å². The maximum Gasteiger partial charge on any atom is 0.234 e. The molecule has 1 saturated carbocycles. The molecule has 3 atom stereocenters. The number of rotatable bonds is 7. The molecule has 2 aliphatic rings. The smallest absolute Gasteiger partial charge is 0.234 e. The summed E-state index contributed by atoms with van der Waals surface area (Å²) in [6.07, 6.45) is 9.06. The van der Waals surface area contributed by atoms with Crippen molar-refractivity contribution in [3.63, 3.8) is 0 Å². The van der Waals surface area contributed by atoms with Crippen LogP contribution in [0.1, 0.15) is 44.9 Å². The van der Waals surface area contributed by atoms with Crippen molar-refractivity contribution < 1.29 is 9.53 Å². The zero-order valence-electron chi connectivity index (χ0n) is 13.3. The van der Waals surface area contributed by atoms with Crippen LogP contribution in [0.5, 0.6) is 0 Å². The first-order valence-corrected chi connectivity index (χ1v) is 8.53. The van der Waals surface area contributed by atoms with Gasteiger partial charge in [0.2, 0.25) is 5.91 Å². The maximum absolute atomic E-state index is 11.8. The van der Waals surface area contributed by atoms with Gasteiger partial charge in [-0.25, -0.2) is 0 Å². The van der Waals surface area contributed by atoms with Crippen molar-refractivity contribution in [2.75, 3.05) is 33.4 Å². The molecule has 0 radical (unpaired) electrons. The van der Waals surface area contributed by atoms with E-state index in [9.17, 15) is 4.79 Å². The molecule has 1 aliphatic heterocycles. The van der Waals surface area contributed by atoms with E-state index in [2.05, 4.69) is 16.0 Å². The van der Waals surface area contributed by atoms with E-state index in [0.717, 1.165) is 6.54 Å². The lowest BCUT2D eigenvalue weighted by Gasteiger charge is -2.39. The monoisotopic (exact) mass is 297 g/mol. The summed E-state index contributed by atoms with van der Waals surface area (Å²) in [5.41, 5.74) is 0. The summed E-state index contributed by atoms with van der Waals surface area (Å²) in [7, 11) is 1.65. The Hall–Kier alpha value is -0.650. The molecule has 2 fully saturated rings. The third-order valence-corrected chi connectivity index (χ3v) is 4.84. The Morgan fingerprint density at radius 1 is 1.19 bits per heavy atom. The standard InChI is InChI=1S/C16H31N3O2/c1-21-11-10-18-16(20)12-19-15-7-3-2-6-13(15)14-8-4-5-9-17-14/h13-15,17,19H,2-12H2,1H3,(H,18,20). The Balaban J connectivity index is 1.74. The van der Waals surface area contributed by atoms with E-state index >= 15 is 0 Å². The molecular weight excluding hydrogens is 266 g/mol. The quantitative estimate of drug-likeness (QED) is 0.615. The summed E-state index contributed by atoms with van der Waals surface area (Å²) in [6.45, 7) is 2.75. The lowest BCUT2D eigenvalue weighted by atomic mass is 9.77. The Morgan fingerprint density at radius 2 is 2.00 bits per heavy atom. The average molecular weight is 297 g/mol. The van der Waals surface area contributed by atoms with Crippen LogP contribution in [0.15, 0.2) is 0 Å². The second-order valence-corrected chi connectivity index (χ2v) is 6.33. The van der Waals surface area contributed by atoms with Gasteiger partial charge in [-0.2, -0.15) is 0 Å². The van der Waals surface area contributed by atoms with Crippen molar-refractivity contribution in [2.24, 2.45) is 5.92 Å². The molecule has 122 valence electrons. The van der Waals surface area contributed by atoms with Crippen molar-refractivity contribution in [1.29, 1.82) is 0 Å². The number of piperidine rings is 1. The molecule has 5 nitrogen and oxygen atoms in total. The predicted octanol–water partition coefficient (Wildman–Crippen LogP) is 1.04. The van der Waals surface area contributed by atoms with Crippen molar-refractivity contribution in [3.8, 4) is 0 Å². The zero-order chi connectivity index (χ0) is 14.9. The molecule has 3 N–H and O–H groups in total. The molecule has 0 bridgehead atoms. The predicted molar refractivity (Wildman–Crippen MR) is 84.3 cm³/mol. The van der Waals surface area contributed by atoms with Gasteiger partial charge in [0.15, 0.2) is 0 Å². The van der Waals surface area contributed by atoms with Crippen molar-refractivity contribution in [2.45, 2.75) is 57.0 Å². The zero-order valence-corrected chi connectivity index (χ0v) is 13.3. The molecule has 0 aromatic carbocycles. The maximum atomic E-state index is 11.8. The minimum absolute atomic E-state index is 0.0768. The van der Waals surface area contributed by atoms with Crippen LogP contribution in [0, 0.1) is 5.92 Å². The SMILES string of the molecule is COCCNC(=O)CNC1CCCCC1C1CCCCN1. The minimum atomic E-state index is 0.0768. The molecule has 5 heteroatoms. The summed E-state index contributed by atoms with van der Waals surface area (Å²) in [4.78, 5) is 11.8. The van der Waals surface area contributed by atoms with E-state index in [0.29, 0.717) is 37.7 Å². The van der Waals surface area contributed by atoms with Crippen LogP contribution < -0.4 is 16.0 Å². The number of carbonyl (C=O) groups is 1. The minimum Gasteiger partial charge on any atom is -0.383 e. The van der Waals surface area contributed by atoms with E-state index in [1.54, 1.807) is 7.11 Å². The van der Waals surface area contributed by atoms with Crippen LogP contribution >= 0.6 is 0 Å². The van der Waals surface area contributed by atoms with E-state index in [1.807, 2.05) is 0 Å². The molecule has 1 aliphatic carbocycles. The molecule has 0 spiro atoms. The summed E-state index contributed by atoms with van der Waals surface area (Å²) < 4.78 is 4.94. The number of hydrogen-bond donors (Lipinski definition) is 3. The number of carbonyl (C=O) groups excluding carboxylic acids is 1. The van der Waals surface area contributed by atoms with Gasteiger partial charge in [-0.15, -0.1) is 0 Å². The van der Waals surface area contributed by atoms with Crippen LogP contribution in [-0.2, 0) is 9.53 Å². The topological polar surface area (TPSA) is 62.4 Å². The molecule has 3 unspecified atom stereocenters. The van der Waals surface area contributed by atoms with Crippen LogP contribution in [0.4, 0.5) is 0 Å². The highest BCUT2D eigenvalue weighted by Gasteiger charge is 2.32. The normalized spacial score (nSPS) is 30.0.